The fraction of sp³-hybridized carbons (Fsp3) is 0.400. The van der Waals surface area contributed by atoms with Crippen LogP contribution in [0.2, 0.25) is 0 Å². The van der Waals surface area contributed by atoms with Crippen LogP contribution in [-0.2, 0) is 7.05 Å². The molecule has 1 N–H and O–H groups in total. The number of nitrogens with zero attached hydrogens (tertiary/aromatic N) is 2. The van der Waals surface area contributed by atoms with Crippen LogP contribution < -0.4 is 5.32 Å². The smallest absolute Gasteiger partial charge is 0.0799 e. The minimum Gasteiger partial charge on any atom is -0.311 e. The molecule has 2 aromatic rings. The lowest BCUT2D eigenvalue weighted by atomic mass is 9.87. The van der Waals surface area contributed by atoms with Crippen LogP contribution in [0.15, 0.2) is 42.6 Å². The fourth-order valence-electron chi connectivity index (χ4n) is 2.52. The highest BCUT2D eigenvalue weighted by atomic mass is 15.3. The summed E-state index contributed by atoms with van der Waals surface area (Å²) in [6.45, 7) is 2.23. The van der Waals surface area contributed by atoms with Crippen LogP contribution in [0, 0.1) is 0 Å². The standard InChI is InChI=1S/C15H21N3/c1-4-13(12-8-6-5-7-9-12)15(16-2)14-10-11-18(3)17-14/h5-11,13,15-16H,4H2,1-3H3. The lowest BCUT2D eigenvalue weighted by Crippen LogP contribution is -2.24. The van der Waals surface area contributed by atoms with E-state index in [0.29, 0.717) is 5.92 Å². The van der Waals surface area contributed by atoms with Crippen molar-refractivity contribution >= 4 is 0 Å². The van der Waals surface area contributed by atoms with Gasteiger partial charge in [-0.2, -0.15) is 5.10 Å². The number of aromatic nitrogens is 2. The lowest BCUT2D eigenvalue weighted by Gasteiger charge is -2.25. The Labute approximate surface area is 109 Å². The molecule has 1 aromatic carbocycles. The van der Waals surface area contributed by atoms with Crippen molar-refractivity contribution in [1.29, 1.82) is 0 Å². The van der Waals surface area contributed by atoms with Gasteiger partial charge in [0, 0.05) is 19.2 Å². The Balaban J connectivity index is 2.30. The summed E-state index contributed by atoms with van der Waals surface area (Å²) in [4.78, 5) is 0. The van der Waals surface area contributed by atoms with E-state index in [-0.39, 0.29) is 6.04 Å². The van der Waals surface area contributed by atoms with Gasteiger partial charge in [0.2, 0.25) is 0 Å². The van der Waals surface area contributed by atoms with E-state index in [1.54, 1.807) is 0 Å². The fourth-order valence-corrected chi connectivity index (χ4v) is 2.52. The van der Waals surface area contributed by atoms with Gasteiger partial charge >= 0.3 is 0 Å². The Bertz CT molecular complexity index is 475. The maximum Gasteiger partial charge on any atom is 0.0799 e. The van der Waals surface area contributed by atoms with Crippen molar-refractivity contribution in [1.82, 2.24) is 15.1 Å². The van der Waals surface area contributed by atoms with Crippen molar-refractivity contribution in [3.8, 4) is 0 Å². The molecule has 0 fully saturated rings. The molecule has 0 aliphatic heterocycles. The van der Waals surface area contributed by atoms with Crippen LogP contribution >= 0.6 is 0 Å². The molecule has 3 heteroatoms. The third-order valence-corrected chi connectivity index (χ3v) is 3.43. The van der Waals surface area contributed by atoms with E-state index in [1.807, 2.05) is 25.0 Å². The SMILES string of the molecule is CCC(c1ccccc1)C(NC)c1ccn(C)n1. The third-order valence-electron chi connectivity index (χ3n) is 3.43. The predicted molar refractivity (Wildman–Crippen MR) is 74.5 cm³/mol. The number of nitrogens with one attached hydrogen (secondary N) is 1. The van der Waals surface area contributed by atoms with Gasteiger partial charge in [0.15, 0.2) is 0 Å². The number of rotatable bonds is 5. The van der Waals surface area contributed by atoms with Crippen molar-refractivity contribution in [3.63, 3.8) is 0 Å². The Morgan fingerprint density at radius 2 is 1.94 bits per heavy atom. The van der Waals surface area contributed by atoms with Crippen LogP contribution in [0.4, 0.5) is 0 Å². The van der Waals surface area contributed by atoms with E-state index in [0.717, 1.165) is 12.1 Å². The molecule has 2 unspecified atom stereocenters. The number of benzene rings is 1. The molecule has 2 rings (SSSR count). The van der Waals surface area contributed by atoms with Crippen LogP contribution in [0.3, 0.4) is 0 Å². The third kappa shape index (κ3) is 2.62. The summed E-state index contributed by atoms with van der Waals surface area (Å²) < 4.78 is 1.86. The van der Waals surface area contributed by atoms with Crippen LogP contribution in [0.25, 0.3) is 0 Å². The summed E-state index contributed by atoms with van der Waals surface area (Å²) in [5, 5.41) is 7.94. The van der Waals surface area contributed by atoms with E-state index in [9.17, 15) is 0 Å². The van der Waals surface area contributed by atoms with Crippen molar-refractivity contribution < 1.29 is 0 Å². The molecular weight excluding hydrogens is 222 g/mol. The first-order valence-corrected chi connectivity index (χ1v) is 6.48. The van der Waals surface area contributed by atoms with Crippen molar-refractivity contribution in [3.05, 3.63) is 53.9 Å². The van der Waals surface area contributed by atoms with E-state index in [1.165, 1.54) is 5.56 Å². The summed E-state index contributed by atoms with van der Waals surface area (Å²) in [6.07, 6.45) is 3.09. The minimum atomic E-state index is 0.263. The average molecular weight is 243 g/mol. The van der Waals surface area contributed by atoms with Gasteiger partial charge in [-0.3, -0.25) is 4.68 Å². The highest BCUT2D eigenvalue weighted by molar-refractivity contribution is 5.24. The minimum absolute atomic E-state index is 0.263. The maximum absolute atomic E-state index is 4.53. The Morgan fingerprint density at radius 3 is 2.44 bits per heavy atom. The molecule has 0 aliphatic rings. The van der Waals surface area contributed by atoms with E-state index in [2.05, 4.69) is 53.7 Å². The molecule has 0 amide bonds. The largest absolute Gasteiger partial charge is 0.311 e. The second-order valence-electron chi connectivity index (χ2n) is 4.61. The van der Waals surface area contributed by atoms with Crippen LogP contribution in [-0.4, -0.2) is 16.8 Å². The number of hydrogen-bond acceptors (Lipinski definition) is 2. The molecule has 1 heterocycles. The topological polar surface area (TPSA) is 29.9 Å². The molecule has 1 aromatic heterocycles. The molecule has 2 atom stereocenters. The van der Waals surface area contributed by atoms with Gasteiger partial charge < -0.3 is 5.32 Å². The maximum atomic E-state index is 4.53. The van der Waals surface area contributed by atoms with Crippen LogP contribution in [0.1, 0.15) is 36.6 Å². The molecule has 0 aliphatic carbocycles. The first kappa shape index (κ1) is 12.8. The van der Waals surface area contributed by atoms with Gasteiger partial charge in [0.25, 0.3) is 0 Å². The molecule has 0 saturated carbocycles. The van der Waals surface area contributed by atoms with Crippen molar-refractivity contribution in [2.45, 2.75) is 25.3 Å². The summed E-state index contributed by atoms with van der Waals surface area (Å²) in [5.74, 6) is 0.450. The van der Waals surface area contributed by atoms with Gasteiger partial charge in [0.05, 0.1) is 11.7 Å². The monoisotopic (exact) mass is 243 g/mol. The predicted octanol–water partition coefficient (Wildman–Crippen LogP) is 2.87. The van der Waals surface area contributed by atoms with Crippen molar-refractivity contribution in [2.24, 2.45) is 7.05 Å². The zero-order valence-corrected chi connectivity index (χ0v) is 11.3. The first-order valence-electron chi connectivity index (χ1n) is 6.48. The Morgan fingerprint density at radius 1 is 1.22 bits per heavy atom. The summed E-state index contributed by atoms with van der Waals surface area (Å²) in [7, 11) is 3.96. The zero-order chi connectivity index (χ0) is 13.0. The normalized spacial score (nSPS) is 14.4. The molecule has 0 bridgehead atoms. The number of likely N-dealkylation sites (N-methyl/N-ethyl adjacent to an activating group) is 1. The molecule has 0 radical (unpaired) electrons. The summed E-state index contributed by atoms with van der Waals surface area (Å²) in [6, 6.07) is 13.0. The summed E-state index contributed by atoms with van der Waals surface area (Å²) in [5.41, 5.74) is 2.47. The second kappa shape index (κ2) is 5.83. The van der Waals surface area contributed by atoms with Gasteiger partial charge in [-0.1, -0.05) is 37.3 Å². The van der Waals surface area contributed by atoms with E-state index >= 15 is 0 Å². The van der Waals surface area contributed by atoms with Crippen LogP contribution in [0.5, 0.6) is 0 Å². The number of hydrogen-bond donors (Lipinski definition) is 1. The Kier molecular flexibility index (Phi) is 4.15. The average Bonchev–Trinajstić information content (AvgIpc) is 2.83. The molecule has 0 spiro atoms. The van der Waals surface area contributed by atoms with E-state index in [4.69, 9.17) is 0 Å². The first-order chi connectivity index (χ1) is 8.76. The highest BCUT2D eigenvalue weighted by Crippen LogP contribution is 2.32. The van der Waals surface area contributed by atoms with Crippen molar-refractivity contribution in [2.75, 3.05) is 7.05 Å². The summed E-state index contributed by atoms with van der Waals surface area (Å²) >= 11 is 0. The molecular formula is C15H21N3. The lowest BCUT2D eigenvalue weighted by molar-refractivity contribution is 0.453. The van der Waals surface area contributed by atoms with E-state index < -0.39 is 0 Å². The zero-order valence-electron chi connectivity index (χ0n) is 11.3. The molecule has 3 nitrogen and oxygen atoms in total. The molecule has 18 heavy (non-hydrogen) atoms. The van der Waals surface area contributed by atoms with Gasteiger partial charge in [-0.15, -0.1) is 0 Å². The molecule has 0 saturated heterocycles. The Hall–Kier alpha value is -1.61. The van der Waals surface area contributed by atoms with Gasteiger partial charge in [0.1, 0.15) is 0 Å². The quantitative estimate of drug-likeness (QED) is 0.875. The number of aryl methyl sites for hydroxylation is 1. The highest BCUT2D eigenvalue weighted by Gasteiger charge is 2.23. The molecule has 96 valence electrons. The second-order valence-corrected chi connectivity index (χ2v) is 4.61. The van der Waals surface area contributed by atoms with Gasteiger partial charge in [-0.05, 0) is 25.1 Å². The van der Waals surface area contributed by atoms with Gasteiger partial charge in [-0.25, -0.2) is 0 Å².